The Bertz CT molecular complexity index is 829. The van der Waals surface area contributed by atoms with Crippen LogP contribution in [0.25, 0.3) is 0 Å². The van der Waals surface area contributed by atoms with Crippen molar-refractivity contribution in [3.8, 4) is 5.75 Å². The van der Waals surface area contributed by atoms with Gasteiger partial charge < -0.3 is 9.64 Å². The third kappa shape index (κ3) is 4.70. The van der Waals surface area contributed by atoms with Crippen molar-refractivity contribution >= 4 is 22.9 Å². The molecule has 2 aromatic carbocycles. The Hall–Kier alpha value is -2.66. The zero-order valence-corrected chi connectivity index (χ0v) is 15.3. The number of hydrogen-bond donors (Lipinski definition) is 0. The van der Waals surface area contributed by atoms with Gasteiger partial charge in [-0.15, -0.1) is 11.3 Å². The van der Waals surface area contributed by atoms with Crippen LogP contribution in [0.1, 0.15) is 17.4 Å². The lowest BCUT2D eigenvalue weighted by atomic mass is 10.2. The third-order valence-corrected chi connectivity index (χ3v) is 4.89. The number of ether oxygens (including phenoxy) is 1. The van der Waals surface area contributed by atoms with Gasteiger partial charge in [0.15, 0.2) is 6.61 Å². The fourth-order valence-corrected chi connectivity index (χ4v) is 3.24. The van der Waals surface area contributed by atoms with Gasteiger partial charge in [0.2, 0.25) is 0 Å². The summed E-state index contributed by atoms with van der Waals surface area (Å²) in [5.41, 5.74) is 1.86. The molecular weight excluding hydrogens is 349 g/mol. The van der Waals surface area contributed by atoms with Gasteiger partial charge >= 0.3 is 0 Å². The first kappa shape index (κ1) is 18.1. The number of thiophene rings is 1. The molecule has 3 rings (SSSR count). The van der Waals surface area contributed by atoms with Crippen LogP contribution >= 0.6 is 11.3 Å². The van der Waals surface area contributed by atoms with Crippen LogP contribution in [-0.4, -0.2) is 12.5 Å². The fourth-order valence-electron chi connectivity index (χ4n) is 2.55. The molecule has 0 spiro atoms. The van der Waals surface area contributed by atoms with Crippen LogP contribution in [0.15, 0.2) is 66.0 Å². The van der Waals surface area contributed by atoms with E-state index in [1.54, 1.807) is 28.4 Å². The summed E-state index contributed by atoms with van der Waals surface area (Å²) in [4.78, 5) is 15.4. The molecule has 0 fully saturated rings. The van der Waals surface area contributed by atoms with E-state index in [9.17, 15) is 9.18 Å². The average Bonchev–Trinajstić information content (AvgIpc) is 3.19. The molecule has 0 saturated heterocycles. The minimum Gasteiger partial charge on any atom is -0.484 e. The molecule has 0 aliphatic carbocycles. The molecule has 1 amide bonds. The lowest BCUT2D eigenvalue weighted by molar-refractivity contribution is -0.120. The SMILES string of the molecule is CCc1ccc(OCC(=O)N(Cc2cccs2)c2ccc(F)cc2)cc1. The van der Waals surface area contributed by atoms with E-state index in [0.29, 0.717) is 18.0 Å². The smallest absolute Gasteiger partial charge is 0.265 e. The van der Waals surface area contributed by atoms with E-state index < -0.39 is 0 Å². The Balaban J connectivity index is 1.72. The Labute approximate surface area is 156 Å². The van der Waals surface area contributed by atoms with E-state index in [0.717, 1.165) is 11.3 Å². The number of amides is 1. The highest BCUT2D eigenvalue weighted by Gasteiger charge is 2.17. The van der Waals surface area contributed by atoms with Gasteiger partial charge in [-0.2, -0.15) is 0 Å². The normalized spacial score (nSPS) is 10.5. The van der Waals surface area contributed by atoms with Gasteiger partial charge in [0.25, 0.3) is 5.91 Å². The van der Waals surface area contributed by atoms with Gasteiger partial charge in [-0.3, -0.25) is 4.79 Å². The summed E-state index contributed by atoms with van der Waals surface area (Å²) < 4.78 is 18.9. The van der Waals surface area contributed by atoms with Crippen LogP contribution in [0.5, 0.6) is 5.75 Å². The van der Waals surface area contributed by atoms with Gasteiger partial charge in [0.1, 0.15) is 11.6 Å². The van der Waals surface area contributed by atoms with Crippen molar-refractivity contribution in [2.24, 2.45) is 0 Å². The van der Waals surface area contributed by atoms with Crippen molar-refractivity contribution in [1.82, 2.24) is 0 Å². The summed E-state index contributed by atoms with van der Waals surface area (Å²) >= 11 is 1.58. The first-order chi connectivity index (χ1) is 12.7. The van der Waals surface area contributed by atoms with Crippen molar-refractivity contribution < 1.29 is 13.9 Å². The number of hydrogen-bond acceptors (Lipinski definition) is 3. The van der Waals surface area contributed by atoms with E-state index in [1.165, 1.54) is 17.7 Å². The molecule has 1 heterocycles. The first-order valence-corrected chi connectivity index (χ1v) is 9.33. The van der Waals surface area contributed by atoms with Crippen molar-refractivity contribution in [1.29, 1.82) is 0 Å². The van der Waals surface area contributed by atoms with Crippen LogP contribution in [0.2, 0.25) is 0 Å². The maximum Gasteiger partial charge on any atom is 0.265 e. The van der Waals surface area contributed by atoms with E-state index in [-0.39, 0.29) is 18.3 Å². The van der Waals surface area contributed by atoms with Gasteiger partial charge in [-0.25, -0.2) is 4.39 Å². The molecule has 0 aliphatic rings. The minimum atomic E-state index is -0.329. The predicted octanol–water partition coefficient (Wildman–Crippen LogP) is 5.06. The zero-order valence-electron chi connectivity index (χ0n) is 14.5. The van der Waals surface area contributed by atoms with Crippen molar-refractivity contribution in [3.05, 3.63) is 82.3 Å². The Morgan fingerprint density at radius 1 is 1.08 bits per heavy atom. The minimum absolute atomic E-state index is 0.0752. The molecule has 134 valence electrons. The molecule has 0 atom stereocenters. The monoisotopic (exact) mass is 369 g/mol. The second-order valence-electron chi connectivity index (χ2n) is 5.82. The summed E-state index contributed by atoms with van der Waals surface area (Å²) in [5, 5.41) is 1.97. The molecule has 0 bridgehead atoms. The van der Waals surface area contributed by atoms with E-state index in [1.807, 2.05) is 41.8 Å². The molecular formula is C21H20FNO2S. The predicted molar refractivity (Wildman–Crippen MR) is 103 cm³/mol. The number of rotatable bonds is 7. The quantitative estimate of drug-likeness (QED) is 0.582. The van der Waals surface area contributed by atoms with Gasteiger partial charge in [0.05, 0.1) is 6.54 Å². The number of aryl methyl sites for hydroxylation is 1. The Morgan fingerprint density at radius 3 is 2.42 bits per heavy atom. The topological polar surface area (TPSA) is 29.5 Å². The van der Waals surface area contributed by atoms with E-state index in [2.05, 4.69) is 6.92 Å². The highest BCUT2D eigenvalue weighted by molar-refractivity contribution is 7.09. The van der Waals surface area contributed by atoms with Crippen molar-refractivity contribution in [2.45, 2.75) is 19.9 Å². The molecule has 3 nitrogen and oxygen atoms in total. The van der Waals surface area contributed by atoms with Crippen LogP contribution < -0.4 is 9.64 Å². The molecule has 0 aliphatic heterocycles. The lowest BCUT2D eigenvalue weighted by Gasteiger charge is -2.22. The number of anilines is 1. The largest absolute Gasteiger partial charge is 0.484 e. The molecule has 0 unspecified atom stereocenters. The molecule has 0 N–H and O–H groups in total. The van der Waals surface area contributed by atoms with Gasteiger partial charge in [-0.05, 0) is 59.8 Å². The van der Waals surface area contributed by atoms with E-state index >= 15 is 0 Å². The molecule has 5 heteroatoms. The van der Waals surface area contributed by atoms with Crippen LogP contribution in [0.4, 0.5) is 10.1 Å². The first-order valence-electron chi connectivity index (χ1n) is 8.46. The number of carbonyl (C=O) groups is 1. The van der Waals surface area contributed by atoms with Crippen LogP contribution in [0, 0.1) is 5.82 Å². The molecule has 26 heavy (non-hydrogen) atoms. The summed E-state index contributed by atoms with van der Waals surface area (Å²) in [6, 6.07) is 17.6. The maximum atomic E-state index is 13.2. The fraction of sp³-hybridized carbons (Fsp3) is 0.190. The average molecular weight is 369 g/mol. The number of carbonyl (C=O) groups excluding carboxylic acids is 1. The van der Waals surface area contributed by atoms with Crippen molar-refractivity contribution in [2.75, 3.05) is 11.5 Å². The number of benzene rings is 2. The van der Waals surface area contributed by atoms with Crippen LogP contribution in [0.3, 0.4) is 0 Å². The van der Waals surface area contributed by atoms with Gasteiger partial charge in [-0.1, -0.05) is 25.1 Å². The number of halogens is 1. The highest BCUT2D eigenvalue weighted by Crippen LogP contribution is 2.21. The Kier molecular flexibility index (Phi) is 6.02. The van der Waals surface area contributed by atoms with Gasteiger partial charge in [0, 0.05) is 10.6 Å². The summed E-state index contributed by atoms with van der Waals surface area (Å²) in [7, 11) is 0. The molecule has 0 radical (unpaired) electrons. The summed E-state index contributed by atoms with van der Waals surface area (Å²) in [6.45, 7) is 2.44. The maximum absolute atomic E-state index is 13.2. The summed E-state index contributed by atoms with van der Waals surface area (Å²) in [5.74, 6) is 0.153. The zero-order chi connectivity index (χ0) is 18.4. The van der Waals surface area contributed by atoms with Crippen molar-refractivity contribution in [3.63, 3.8) is 0 Å². The summed E-state index contributed by atoms with van der Waals surface area (Å²) in [6.07, 6.45) is 0.957. The molecule has 3 aromatic rings. The van der Waals surface area contributed by atoms with E-state index in [4.69, 9.17) is 4.74 Å². The molecule has 0 saturated carbocycles. The molecule has 1 aromatic heterocycles. The second kappa shape index (κ2) is 8.63. The lowest BCUT2D eigenvalue weighted by Crippen LogP contribution is -2.34. The Morgan fingerprint density at radius 2 is 1.81 bits per heavy atom. The van der Waals surface area contributed by atoms with Crippen LogP contribution in [-0.2, 0) is 17.8 Å². The standard InChI is InChI=1S/C21H20FNO2S/c1-2-16-5-11-19(12-6-16)25-15-21(24)23(14-20-4-3-13-26-20)18-9-7-17(22)8-10-18/h3-13H,2,14-15H2,1H3. The highest BCUT2D eigenvalue weighted by atomic mass is 32.1. The third-order valence-electron chi connectivity index (χ3n) is 4.03. The second-order valence-corrected chi connectivity index (χ2v) is 6.85. The number of nitrogens with zero attached hydrogens (tertiary/aromatic N) is 1.